The molecule has 0 bridgehead atoms. The van der Waals surface area contributed by atoms with Crippen molar-refractivity contribution in [2.24, 2.45) is 5.92 Å². The monoisotopic (exact) mass is 221 g/mol. The summed E-state index contributed by atoms with van der Waals surface area (Å²) in [5.74, 6) is 0.749. The summed E-state index contributed by atoms with van der Waals surface area (Å²) in [6.45, 7) is 3.29. The molecule has 1 nitrogen and oxygen atoms in total. The minimum absolute atomic E-state index is 0.135. The molecule has 0 spiro atoms. The Bertz CT molecular complexity index is 333. The first kappa shape index (κ1) is 11.6. The Labute approximate surface area is 97.1 Å². The molecule has 1 aromatic carbocycles. The molecular formula is C14H20FN. The van der Waals surface area contributed by atoms with Crippen LogP contribution >= 0.6 is 0 Å². The number of halogens is 1. The van der Waals surface area contributed by atoms with Gasteiger partial charge in [0.05, 0.1) is 0 Å². The highest BCUT2D eigenvalue weighted by Crippen LogP contribution is 2.25. The van der Waals surface area contributed by atoms with Gasteiger partial charge in [0.25, 0.3) is 0 Å². The van der Waals surface area contributed by atoms with E-state index in [0.29, 0.717) is 6.04 Å². The molecule has 0 heterocycles. The van der Waals surface area contributed by atoms with Crippen molar-refractivity contribution >= 4 is 0 Å². The van der Waals surface area contributed by atoms with Crippen LogP contribution in [0.2, 0.25) is 0 Å². The molecule has 1 saturated carbocycles. The van der Waals surface area contributed by atoms with E-state index in [1.54, 1.807) is 12.1 Å². The third-order valence-corrected chi connectivity index (χ3v) is 3.41. The van der Waals surface area contributed by atoms with Crippen molar-refractivity contribution in [3.05, 3.63) is 35.6 Å². The van der Waals surface area contributed by atoms with Crippen molar-refractivity contribution in [1.82, 2.24) is 5.32 Å². The molecule has 0 saturated heterocycles. The Morgan fingerprint density at radius 3 is 2.88 bits per heavy atom. The standard InChI is InChI=1S/C14H20FN/c1-11(16-10-12-4-2-5-12)8-13-6-3-7-14(15)9-13/h3,6-7,9,11-12,16H,2,4-5,8,10H2,1H3. The van der Waals surface area contributed by atoms with Gasteiger partial charge in [-0.15, -0.1) is 0 Å². The second-order valence-electron chi connectivity index (χ2n) is 4.94. The zero-order valence-corrected chi connectivity index (χ0v) is 9.88. The summed E-state index contributed by atoms with van der Waals surface area (Å²) >= 11 is 0. The lowest BCUT2D eigenvalue weighted by Crippen LogP contribution is -2.34. The van der Waals surface area contributed by atoms with E-state index in [1.165, 1.54) is 25.3 Å². The quantitative estimate of drug-likeness (QED) is 0.805. The highest BCUT2D eigenvalue weighted by molar-refractivity contribution is 5.17. The fraction of sp³-hybridized carbons (Fsp3) is 0.571. The summed E-state index contributed by atoms with van der Waals surface area (Å²) in [6, 6.07) is 7.33. The average molecular weight is 221 g/mol. The van der Waals surface area contributed by atoms with Crippen molar-refractivity contribution in [2.75, 3.05) is 6.54 Å². The third-order valence-electron chi connectivity index (χ3n) is 3.41. The summed E-state index contributed by atoms with van der Waals surface area (Å²) in [4.78, 5) is 0. The first-order valence-corrected chi connectivity index (χ1v) is 6.22. The number of nitrogens with one attached hydrogen (secondary N) is 1. The van der Waals surface area contributed by atoms with Crippen LogP contribution in [-0.4, -0.2) is 12.6 Å². The highest BCUT2D eigenvalue weighted by Gasteiger charge is 2.17. The van der Waals surface area contributed by atoms with Gasteiger partial charge in [0.15, 0.2) is 0 Å². The lowest BCUT2D eigenvalue weighted by molar-refractivity contribution is 0.291. The minimum atomic E-state index is -0.135. The molecule has 0 radical (unpaired) electrons. The molecule has 0 aliphatic heterocycles. The first-order chi connectivity index (χ1) is 7.74. The molecule has 1 fully saturated rings. The Morgan fingerprint density at radius 1 is 1.44 bits per heavy atom. The van der Waals surface area contributed by atoms with Crippen molar-refractivity contribution in [3.8, 4) is 0 Å². The fourth-order valence-electron chi connectivity index (χ4n) is 2.15. The van der Waals surface area contributed by atoms with Crippen LogP contribution in [0.4, 0.5) is 4.39 Å². The van der Waals surface area contributed by atoms with Crippen LogP contribution in [0.3, 0.4) is 0 Å². The Balaban J connectivity index is 1.75. The Morgan fingerprint density at radius 2 is 2.25 bits per heavy atom. The van der Waals surface area contributed by atoms with Gasteiger partial charge in [-0.2, -0.15) is 0 Å². The van der Waals surface area contributed by atoms with Crippen LogP contribution in [0.25, 0.3) is 0 Å². The van der Waals surface area contributed by atoms with Crippen LogP contribution in [0.1, 0.15) is 31.7 Å². The van der Waals surface area contributed by atoms with Gasteiger partial charge in [0, 0.05) is 6.04 Å². The zero-order valence-electron chi connectivity index (χ0n) is 9.88. The molecule has 1 N–H and O–H groups in total. The fourth-order valence-corrected chi connectivity index (χ4v) is 2.15. The number of hydrogen-bond donors (Lipinski definition) is 1. The molecule has 0 amide bonds. The second-order valence-corrected chi connectivity index (χ2v) is 4.94. The average Bonchev–Trinajstić information content (AvgIpc) is 2.15. The lowest BCUT2D eigenvalue weighted by Gasteiger charge is -2.27. The molecule has 1 atom stereocenters. The van der Waals surface area contributed by atoms with Crippen LogP contribution in [0.15, 0.2) is 24.3 Å². The van der Waals surface area contributed by atoms with E-state index in [0.717, 1.165) is 24.4 Å². The molecule has 88 valence electrons. The van der Waals surface area contributed by atoms with E-state index in [1.807, 2.05) is 6.07 Å². The lowest BCUT2D eigenvalue weighted by atomic mass is 9.85. The van der Waals surface area contributed by atoms with Crippen molar-refractivity contribution < 1.29 is 4.39 Å². The van der Waals surface area contributed by atoms with E-state index < -0.39 is 0 Å². The zero-order chi connectivity index (χ0) is 11.4. The normalized spacial score (nSPS) is 18.1. The SMILES string of the molecule is CC(Cc1cccc(F)c1)NCC1CCC1. The molecular weight excluding hydrogens is 201 g/mol. The van der Waals surface area contributed by atoms with Gasteiger partial charge in [-0.25, -0.2) is 4.39 Å². The number of rotatable bonds is 5. The van der Waals surface area contributed by atoms with E-state index in [-0.39, 0.29) is 5.82 Å². The Hall–Kier alpha value is -0.890. The van der Waals surface area contributed by atoms with Gasteiger partial charge in [-0.3, -0.25) is 0 Å². The molecule has 2 rings (SSSR count). The van der Waals surface area contributed by atoms with Gasteiger partial charge in [-0.05, 0) is 56.3 Å². The van der Waals surface area contributed by atoms with Crippen LogP contribution in [0, 0.1) is 11.7 Å². The second kappa shape index (κ2) is 5.44. The summed E-state index contributed by atoms with van der Waals surface area (Å²) < 4.78 is 13.0. The maximum Gasteiger partial charge on any atom is 0.123 e. The van der Waals surface area contributed by atoms with Gasteiger partial charge in [0.1, 0.15) is 5.82 Å². The molecule has 1 aliphatic carbocycles. The summed E-state index contributed by atoms with van der Waals surface area (Å²) in [6.07, 6.45) is 5.05. The van der Waals surface area contributed by atoms with Crippen LogP contribution in [-0.2, 0) is 6.42 Å². The summed E-state index contributed by atoms with van der Waals surface area (Å²) in [5.41, 5.74) is 1.08. The predicted molar refractivity (Wildman–Crippen MR) is 64.9 cm³/mol. The number of benzene rings is 1. The minimum Gasteiger partial charge on any atom is -0.314 e. The van der Waals surface area contributed by atoms with Gasteiger partial charge >= 0.3 is 0 Å². The molecule has 16 heavy (non-hydrogen) atoms. The molecule has 2 heteroatoms. The van der Waals surface area contributed by atoms with Crippen molar-refractivity contribution in [2.45, 2.75) is 38.6 Å². The molecule has 1 aliphatic rings. The maximum atomic E-state index is 13.0. The largest absolute Gasteiger partial charge is 0.314 e. The van der Waals surface area contributed by atoms with Gasteiger partial charge in [-0.1, -0.05) is 18.6 Å². The third kappa shape index (κ3) is 3.31. The van der Waals surface area contributed by atoms with Crippen LogP contribution < -0.4 is 5.32 Å². The van der Waals surface area contributed by atoms with Crippen molar-refractivity contribution in [1.29, 1.82) is 0 Å². The van der Waals surface area contributed by atoms with E-state index in [9.17, 15) is 4.39 Å². The highest BCUT2D eigenvalue weighted by atomic mass is 19.1. The van der Waals surface area contributed by atoms with Crippen molar-refractivity contribution in [3.63, 3.8) is 0 Å². The maximum absolute atomic E-state index is 13.0. The van der Waals surface area contributed by atoms with Gasteiger partial charge in [0.2, 0.25) is 0 Å². The molecule has 1 aromatic rings. The Kier molecular flexibility index (Phi) is 3.94. The predicted octanol–water partition coefficient (Wildman–Crippen LogP) is 3.15. The molecule has 0 aromatic heterocycles. The summed E-state index contributed by atoms with van der Waals surface area (Å²) in [5, 5.41) is 3.53. The smallest absolute Gasteiger partial charge is 0.123 e. The first-order valence-electron chi connectivity index (χ1n) is 6.22. The topological polar surface area (TPSA) is 12.0 Å². The molecule has 1 unspecified atom stereocenters. The number of hydrogen-bond acceptors (Lipinski definition) is 1. The van der Waals surface area contributed by atoms with Gasteiger partial charge < -0.3 is 5.32 Å². The van der Waals surface area contributed by atoms with E-state index in [4.69, 9.17) is 0 Å². The summed E-state index contributed by atoms with van der Waals surface area (Å²) in [7, 11) is 0. The van der Waals surface area contributed by atoms with E-state index in [2.05, 4.69) is 12.2 Å². The van der Waals surface area contributed by atoms with Crippen LogP contribution in [0.5, 0.6) is 0 Å². The van der Waals surface area contributed by atoms with E-state index >= 15 is 0 Å².